The second-order valence-electron chi connectivity index (χ2n) is 10.4. The summed E-state index contributed by atoms with van der Waals surface area (Å²) < 4.78 is 0. The largest absolute Gasteiger partial charge is 0.378 e. The van der Waals surface area contributed by atoms with Gasteiger partial charge in [-0.15, -0.1) is 0 Å². The van der Waals surface area contributed by atoms with Gasteiger partial charge in [0.05, 0.1) is 6.04 Å². The monoisotopic (exact) mass is 450 g/mol. The molecule has 3 aromatic rings. The number of nitrogens with one attached hydrogen (secondary N) is 2. The Kier molecular flexibility index (Phi) is 5.44. The molecule has 2 saturated carbocycles. The molecule has 6 rings (SSSR count). The Bertz CT molecular complexity index is 1200. The van der Waals surface area contributed by atoms with Crippen molar-refractivity contribution in [1.82, 2.24) is 0 Å². The molecule has 0 aromatic heterocycles. The lowest BCUT2D eigenvalue weighted by Gasteiger charge is -2.43. The van der Waals surface area contributed by atoms with E-state index in [2.05, 4.69) is 85.1 Å². The Labute approximate surface area is 203 Å². The molecule has 0 unspecified atom stereocenters. The average molecular weight is 451 g/mol. The first kappa shape index (κ1) is 21.5. The van der Waals surface area contributed by atoms with Gasteiger partial charge in [0.1, 0.15) is 0 Å². The summed E-state index contributed by atoms with van der Waals surface area (Å²) >= 11 is 0. The summed E-state index contributed by atoms with van der Waals surface area (Å²) in [5, 5.41) is 7.16. The third-order valence-electron chi connectivity index (χ3n) is 8.75. The van der Waals surface area contributed by atoms with Crippen LogP contribution in [0.5, 0.6) is 0 Å². The van der Waals surface area contributed by atoms with Crippen molar-refractivity contribution in [3.63, 3.8) is 0 Å². The fourth-order valence-corrected chi connectivity index (χ4v) is 7.21. The van der Waals surface area contributed by atoms with Crippen LogP contribution >= 0.6 is 0 Å². The van der Waals surface area contributed by atoms with E-state index in [1.54, 1.807) is 0 Å². The molecule has 2 aliphatic carbocycles. The van der Waals surface area contributed by atoms with Crippen molar-refractivity contribution in [3.8, 4) is 0 Å². The number of hydrogen-bond donors (Lipinski definition) is 2. The quantitative estimate of drug-likeness (QED) is 0.426. The first-order valence-electron chi connectivity index (χ1n) is 13.1. The van der Waals surface area contributed by atoms with Crippen LogP contribution in [-0.4, -0.2) is 5.91 Å². The smallest absolute Gasteiger partial charge is 0.255 e. The van der Waals surface area contributed by atoms with Crippen LogP contribution < -0.4 is 10.6 Å². The summed E-state index contributed by atoms with van der Waals surface area (Å²) in [4.78, 5) is 13.4. The molecular formula is C31H34N2O. The van der Waals surface area contributed by atoms with E-state index in [9.17, 15) is 4.79 Å². The highest BCUT2D eigenvalue weighted by Gasteiger charge is 2.53. The molecule has 5 atom stereocenters. The Morgan fingerprint density at radius 2 is 1.65 bits per heavy atom. The number of aryl methyl sites for hydroxylation is 2. The first-order valence-corrected chi connectivity index (χ1v) is 13.1. The fourth-order valence-electron chi connectivity index (χ4n) is 7.21. The van der Waals surface area contributed by atoms with Gasteiger partial charge in [-0.05, 0) is 96.2 Å². The molecule has 2 fully saturated rings. The molecule has 2 bridgehead atoms. The van der Waals surface area contributed by atoms with Gasteiger partial charge < -0.3 is 10.6 Å². The maximum absolute atomic E-state index is 13.4. The molecule has 174 valence electrons. The predicted octanol–water partition coefficient (Wildman–Crippen LogP) is 7.36. The standard InChI is InChI=1S/C31H34N2O/c1-3-19-11-8-12-20(4-2)29(19)33-31(34)24-15-16-26-25(18-24)27-22-13-14-23(17-22)28(27)30(32-26)21-9-6-5-7-10-21/h5-12,15-16,18,22-23,27-28,30,32H,3-4,13-14,17H2,1-2H3,(H,33,34)/t22-,23-,27-,28-,30-/m0/s1. The third kappa shape index (κ3) is 3.45. The lowest BCUT2D eigenvalue weighted by molar-refractivity contribution is 0.102. The van der Waals surface area contributed by atoms with Crippen molar-refractivity contribution in [2.45, 2.75) is 57.9 Å². The Hall–Kier alpha value is -3.07. The van der Waals surface area contributed by atoms with Crippen LogP contribution in [0.3, 0.4) is 0 Å². The molecule has 1 amide bonds. The van der Waals surface area contributed by atoms with Gasteiger partial charge in [-0.3, -0.25) is 4.79 Å². The predicted molar refractivity (Wildman–Crippen MR) is 139 cm³/mol. The van der Waals surface area contributed by atoms with Crippen molar-refractivity contribution in [2.75, 3.05) is 10.6 Å². The number of benzene rings is 3. The Morgan fingerprint density at radius 3 is 2.38 bits per heavy atom. The number of fused-ring (bicyclic) bond motifs is 7. The number of carbonyl (C=O) groups is 1. The van der Waals surface area contributed by atoms with Crippen molar-refractivity contribution < 1.29 is 4.79 Å². The highest BCUT2D eigenvalue weighted by atomic mass is 16.1. The Morgan fingerprint density at radius 1 is 0.912 bits per heavy atom. The van der Waals surface area contributed by atoms with Crippen LogP contribution in [0.2, 0.25) is 0 Å². The van der Waals surface area contributed by atoms with E-state index in [0.29, 0.717) is 17.9 Å². The molecular weight excluding hydrogens is 416 g/mol. The number of amides is 1. The summed E-state index contributed by atoms with van der Waals surface area (Å²) in [5.74, 6) is 2.68. The summed E-state index contributed by atoms with van der Waals surface area (Å²) in [6.45, 7) is 4.29. The van der Waals surface area contributed by atoms with E-state index in [1.807, 2.05) is 6.07 Å². The van der Waals surface area contributed by atoms with E-state index in [0.717, 1.165) is 35.9 Å². The van der Waals surface area contributed by atoms with Crippen molar-refractivity contribution in [1.29, 1.82) is 0 Å². The van der Waals surface area contributed by atoms with Gasteiger partial charge in [-0.1, -0.05) is 62.4 Å². The van der Waals surface area contributed by atoms with Crippen molar-refractivity contribution >= 4 is 17.3 Å². The van der Waals surface area contributed by atoms with E-state index in [4.69, 9.17) is 0 Å². The molecule has 2 N–H and O–H groups in total. The van der Waals surface area contributed by atoms with E-state index < -0.39 is 0 Å². The first-order chi connectivity index (χ1) is 16.7. The van der Waals surface area contributed by atoms with Gasteiger partial charge in [-0.2, -0.15) is 0 Å². The molecule has 3 nitrogen and oxygen atoms in total. The highest BCUT2D eigenvalue weighted by Crippen LogP contribution is 2.63. The minimum Gasteiger partial charge on any atom is -0.378 e. The second kappa shape index (κ2) is 8.61. The number of rotatable bonds is 5. The van der Waals surface area contributed by atoms with Gasteiger partial charge in [-0.25, -0.2) is 0 Å². The normalized spacial score (nSPS) is 26.5. The van der Waals surface area contributed by atoms with Gasteiger partial charge in [0.2, 0.25) is 0 Å². The zero-order valence-electron chi connectivity index (χ0n) is 20.2. The molecule has 0 saturated heterocycles. The zero-order valence-corrected chi connectivity index (χ0v) is 20.2. The van der Waals surface area contributed by atoms with Gasteiger partial charge in [0.25, 0.3) is 5.91 Å². The lowest BCUT2D eigenvalue weighted by atomic mass is 9.68. The summed E-state index contributed by atoms with van der Waals surface area (Å²) in [7, 11) is 0. The van der Waals surface area contributed by atoms with E-state index >= 15 is 0 Å². The van der Waals surface area contributed by atoms with E-state index in [1.165, 1.54) is 47.2 Å². The maximum atomic E-state index is 13.4. The van der Waals surface area contributed by atoms with Crippen molar-refractivity contribution in [3.05, 3.63) is 94.5 Å². The molecule has 0 spiro atoms. The topological polar surface area (TPSA) is 41.1 Å². The average Bonchev–Trinajstić information content (AvgIpc) is 3.51. The van der Waals surface area contributed by atoms with Crippen LogP contribution in [0.25, 0.3) is 0 Å². The van der Waals surface area contributed by atoms with Crippen LogP contribution in [0, 0.1) is 17.8 Å². The van der Waals surface area contributed by atoms with Crippen LogP contribution in [0.4, 0.5) is 11.4 Å². The number of hydrogen-bond acceptors (Lipinski definition) is 2. The molecule has 3 aromatic carbocycles. The number of anilines is 2. The summed E-state index contributed by atoms with van der Waals surface area (Å²) in [5.41, 5.74) is 8.13. The number of carbonyl (C=O) groups excluding carboxylic acids is 1. The summed E-state index contributed by atoms with van der Waals surface area (Å²) in [6.07, 6.45) is 5.82. The van der Waals surface area contributed by atoms with Gasteiger partial charge in [0, 0.05) is 16.9 Å². The lowest BCUT2D eigenvalue weighted by Crippen LogP contribution is -2.35. The SMILES string of the molecule is CCc1cccc(CC)c1NC(=O)c1ccc2c(c1)[C@@H]1[C@H]3CC[C@@H](C3)[C@@H]1[C@H](c1ccccc1)N2. The Balaban J connectivity index is 1.35. The molecule has 3 heteroatoms. The zero-order chi connectivity index (χ0) is 23.2. The maximum Gasteiger partial charge on any atom is 0.255 e. The second-order valence-corrected chi connectivity index (χ2v) is 10.4. The van der Waals surface area contributed by atoms with Crippen molar-refractivity contribution in [2.24, 2.45) is 17.8 Å². The molecule has 1 aliphatic heterocycles. The van der Waals surface area contributed by atoms with Gasteiger partial charge in [0.15, 0.2) is 0 Å². The van der Waals surface area contributed by atoms with Crippen LogP contribution in [-0.2, 0) is 12.8 Å². The highest BCUT2D eigenvalue weighted by molar-refractivity contribution is 6.05. The van der Waals surface area contributed by atoms with Crippen LogP contribution in [0.15, 0.2) is 66.7 Å². The fraction of sp³-hybridized carbons (Fsp3) is 0.387. The summed E-state index contributed by atoms with van der Waals surface area (Å²) in [6, 6.07) is 24.0. The molecule has 1 heterocycles. The van der Waals surface area contributed by atoms with E-state index in [-0.39, 0.29) is 5.91 Å². The molecule has 34 heavy (non-hydrogen) atoms. The minimum absolute atomic E-state index is 0.00305. The number of para-hydroxylation sites is 1. The minimum atomic E-state index is 0.00305. The third-order valence-corrected chi connectivity index (χ3v) is 8.75. The molecule has 3 aliphatic rings. The van der Waals surface area contributed by atoms with Crippen LogP contribution in [0.1, 0.15) is 77.7 Å². The molecule has 0 radical (unpaired) electrons. The van der Waals surface area contributed by atoms with Gasteiger partial charge >= 0.3 is 0 Å².